The SMILES string of the molecule is O=C(CCC1CCCNC1)NCc1cccc(Br)c1. The minimum atomic E-state index is 0.158. The molecule has 1 aromatic rings. The molecule has 0 aromatic heterocycles. The Morgan fingerprint density at radius 2 is 2.37 bits per heavy atom. The second-order valence-corrected chi connectivity index (χ2v) is 6.07. The first-order valence-corrected chi connectivity index (χ1v) is 7.75. The van der Waals surface area contributed by atoms with Crippen LogP contribution in [0.4, 0.5) is 0 Å². The molecule has 1 aliphatic rings. The van der Waals surface area contributed by atoms with Gasteiger partial charge < -0.3 is 10.6 Å². The third-order valence-electron chi connectivity index (χ3n) is 3.56. The van der Waals surface area contributed by atoms with Crippen molar-refractivity contribution in [2.24, 2.45) is 5.92 Å². The Balaban J connectivity index is 1.66. The maximum Gasteiger partial charge on any atom is 0.220 e. The summed E-state index contributed by atoms with van der Waals surface area (Å²) in [5, 5.41) is 6.37. The van der Waals surface area contributed by atoms with Crippen LogP contribution in [0.3, 0.4) is 0 Å². The van der Waals surface area contributed by atoms with Gasteiger partial charge in [-0.2, -0.15) is 0 Å². The van der Waals surface area contributed by atoms with E-state index in [0.29, 0.717) is 18.9 Å². The molecular formula is C15H21BrN2O. The van der Waals surface area contributed by atoms with E-state index in [0.717, 1.165) is 29.5 Å². The molecule has 1 aromatic carbocycles. The summed E-state index contributed by atoms with van der Waals surface area (Å²) in [7, 11) is 0. The van der Waals surface area contributed by atoms with Crippen molar-refractivity contribution < 1.29 is 4.79 Å². The number of benzene rings is 1. The first-order valence-electron chi connectivity index (χ1n) is 6.96. The van der Waals surface area contributed by atoms with Gasteiger partial charge in [-0.15, -0.1) is 0 Å². The minimum absolute atomic E-state index is 0.158. The van der Waals surface area contributed by atoms with Gasteiger partial charge in [-0.25, -0.2) is 0 Å². The fraction of sp³-hybridized carbons (Fsp3) is 0.533. The highest BCUT2D eigenvalue weighted by atomic mass is 79.9. The molecule has 0 aliphatic carbocycles. The van der Waals surface area contributed by atoms with E-state index in [1.807, 2.05) is 24.3 Å². The molecule has 0 spiro atoms. The fourth-order valence-corrected chi connectivity index (χ4v) is 2.89. The fourth-order valence-electron chi connectivity index (χ4n) is 2.44. The molecule has 1 aliphatic heterocycles. The quantitative estimate of drug-likeness (QED) is 0.874. The van der Waals surface area contributed by atoms with Crippen LogP contribution in [-0.2, 0) is 11.3 Å². The number of amides is 1. The van der Waals surface area contributed by atoms with E-state index >= 15 is 0 Å². The van der Waals surface area contributed by atoms with Gasteiger partial charge in [-0.05, 0) is 56.0 Å². The number of hydrogen-bond acceptors (Lipinski definition) is 2. The van der Waals surface area contributed by atoms with Crippen LogP contribution in [0.15, 0.2) is 28.7 Å². The molecule has 1 amide bonds. The second kappa shape index (κ2) is 7.65. The minimum Gasteiger partial charge on any atom is -0.352 e. The number of piperidine rings is 1. The van der Waals surface area contributed by atoms with Gasteiger partial charge in [-0.1, -0.05) is 28.1 Å². The van der Waals surface area contributed by atoms with Crippen LogP contribution < -0.4 is 10.6 Å². The summed E-state index contributed by atoms with van der Waals surface area (Å²) < 4.78 is 1.05. The molecule has 1 atom stereocenters. The largest absolute Gasteiger partial charge is 0.352 e. The van der Waals surface area contributed by atoms with Gasteiger partial charge in [0, 0.05) is 17.4 Å². The average molecular weight is 325 g/mol. The Hall–Kier alpha value is -0.870. The number of rotatable bonds is 5. The summed E-state index contributed by atoms with van der Waals surface area (Å²) in [6, 6.07) is 8.03. The van der Waals surface area contributed by atoms with Gasteiger partial charge in [0.05, 0.1) is 0 Å². The van der Waals surface area contributed by atoms with Crippen LogP contribution >= 0.6 is 15.9 Å². The van der Waals surface area contributed by atoms with Crippen LogP contribution in [0.1, 0.15) is 31.2 Å². The van der Waals surface area contributed by atoms with Crippen molar-refractivity contribution in [1.82, 2.24) is 10.6 Å². The van der Waals surface area contributed by atoms with Crippen molar-refractivity contribution in [2.45, 2.75) is 32.2 Å². The third kappa shape index (κ3) is 5.33. The summed E-state index contributed by atoms with van der Waals surface area (Å²) >= 11 is 3.43. The highest BCUT2D eigenvalue weighted by Gasteiger charge is 2.14. The number of carbonyl (C=O) groups is 1. The Bertz CT molecular complexity index is 416. The average Bonchev–Trinajstić information content (AvgIpc) is 2.44. The topological polar surface area (TPSA) is 41.1 Å². The van der Waals surface area contributed by atoms with E-state index in [2.05, 4.69) is 26.6 Å². The van der Waals surface area contributed by atoms with E-state index in [9.17, 15) is 4.79 Å². The Morgan fingerprint density at radius 3 is 3.11 bits per heavy atom. The van der Waals surface area contributed by atoms with Gasteiger partial charge >= 0.3 is 0 Å². The lowest BCUT2D eigenvalue weighted by Crippen LogP contribution is -2.31. The molecule has 4 heteroatoms. The van der Waals surface area contributed by atoms with Gasteiger partial charge in [0.2, 0.25) is 5.91 Å². The van der Waals surface area contributed by atoms with E-state index in [-0.39, 0.29) is 5.91 Å². The van der Waals surface area contributed by atoms with Crippen molar-refractivity contribution in [3.05, 3.63) is 34.3 Å². The molecule has 2 N–H and O–H groups in total. The maximum atomic E-state index is 11.8. The zero-order valence-electron chi connectivity index (χ0n) is 11.1. The van der Waals surface area contributed by atoms with Crippen LogP contribution in [0.25, 0.3) is 0 Å². The van der Waals surface area contributed by atoms with Crippen molar-refractivity contribution in [3.63, 3.8) is 0 Å². The summed E-state index contributed by atoms with van der Waals surface area (Å²) in [6.07, 6.45) is 4.13. The van der Waals surface area contributed by atoms with Gasteiger partial charge in [-0.3, -0.25) is 4.79 Å². The highest BCUT2D eigenvalue weighted by molar-refractivity contribution is 9.10. The molecule has 0 radical (unpaired) electrons. The zero-order valence-corrected chi connectivity index (χ0v) is 12.7. The Kier molecular flexibility index (Phi) is 5.86. The number of carbonyl (C=O) groups excluding carboxylic acids is 1. The molecular weight excluding hydrogens is 304 g/mol. The summed E-state index contributed by atoms with van der Waals surface area (Å²) in [6.45, 7) is 2.81. The van der Waals surface area contributed by atoms with Crippen molar-refractivity contribution >= 4 is 21.8 Å². The summed E-state index contributed by atoms with van der Waals surface area (Å²) in [5.41, 5.74) is 1.13. The third-order valence-corrected chi connectivity index (χ3v) is 4.05. The highest BCUT2D eigenvalue weighted by Crippen LogP contribution is 2.16. The van der Waals surface area contributed by atoms with Crippen molar-refractivity contribution in [1.29, 1.82) is 0 Å². The van der Waals surface area contributed by atoms with Gasteiger partial charge in [0.25, 0.3) is 0 Å². The number of halogens is 1. The summed E-state index contributed by atoms with van der Waals surface area (Å²) in [4.78, 5) is 11.8. The standard InChI is InChI=1S/C15H21BrN2O/c16-14-5-1-3-13(9-14)11-18-15(19)7-6-12-4-2-8-17-10-12/h1,3,5,9,12,17H,2,4,6-8,10-11H2,(H,18,19). The predicted octanol–water partition coefficient (Wildman–Crippen LogP) is 2.85. The second-order valence-electron chi connectivity index (χ2n) is 5.16. The molecule has 1 unspecified atom stereocenters. The molecule has 3 nitrogen and oxygen atoms in total. The van der Waals surface area contributed by atoms with Crippen LogP contribution in [0.2, 0.25) is 0 Å². The molecule has 0 bridgehead atoms. The van der Waals surface area contributed by atoms with E-state index in [1.54, 1.807) is 0 Å². The lowest BCUT2D eigenvalue weighted by atomic mass is 9.94. The Labute approximate surface area is 123 Å². The first kappa shape index (κ1) is 14.5. The van der Waals surface area contributed by atoms with E-state index < -0.39 is 0 Å². The molecule has 1 saturated heterocycles. The molecule has 104 valence electrons. The normalized spacial score (nSPS) is 19.1. The predicted molar refractivity (Wildman–Crippen MR) is 80.8 cm³/mol. The monoisotopic (exact) mass is 324 g/mol. The molecule has 2 rings (SSSR count). The number of nitrogens with one attached hydrogen (secondary N) is 2. The van der Waals surface area contributed by atoms with Crippen molar-refractivity contribution in [2.75, 3.05) is 13.1 Å². The molecule has 19 heavy (non-hydrogen) atoms. The smallest absolute Gasteiger partial charge is 0.220 e. The van der Waals surface area contributed by atoms with E-state index in [1.165, 1.54) is 12.8 Å². The molecule has 0 saturated carbocycles. The van der Waals surface area contributed by atoms with Crippen molar-refractivity contribution in [3.8, 4) is 0 Å². The maximum absolute atomic E-state index is 11.8. The lowest BCUT2D eigenvalue weighted by molar-refractivity contribution is -0.121. The molecule has 1 heterocycles. The van der Waals surface area contributed by atoms with Gasteiger partial charge in [0.1, 0.15) is 0 Å². The van der Waals surface area contributed by atoms with Gasteiger partial charge in [0.15, 0.2) is 0 Å². The zero-order chi connectivity index (χ0) is 13.5. The van der Waals surface area contributed by atoms with Crippen LogP contribution in [0.5, 0.6) is 0 Å². The Morgan fingerprint density at radius 1 is 1.47 bits per heavy atom. The van der Waals surface area contributed by atoms with E-state index in [4.69, 9.17) is 0 Å². The molecule has 1 fully saturated rings. The first-order chi connectivity index (χ1) is 9.24. The van der Waals surface area contributed by atoms with Crippen LogP contribution in [-0.4, -0.2) is 19.0 Å². The lowest BCUT2D eigenvalue weighted by Gasteiger charge is -2.22. The summed E-state index contributed by atoms with van der Waals surface area (Å²) in [5.74, 6) is 0.830. The number of hydrogen-bond donors (Lipinski definition) is 2. The van der Waals surface area contributed by atoms with Crippen LogP contribution in [0, 0.1) is 5.92 Å².